The highest BCUT2D eigenvalue weighted by Crippen LogP contribution is 2.30. The van der Waals surface area contributed by atoms with Crippen molar-refractivity contribution in [2.24, 2.45) is 0 Å². The predicted octanol–water partition coefficient (Wildman–Crippen LogP) is 2.91. The molecule has 5 heteroatoms. The fourth-order valence-electron chi connectivity index (χ4n) is 2.56. The number of nitrogens with zero attached hydrogens (tertiary/aromatic N) is 1. The van der Waals surface area contributed by atoms with Crippen LogP contribution in [0.15, 0.2) is 24.3 Å². The molecule has 0 aliphatic carbocycles. The quantitative estimate of drug-likeness (QED) is 0.866. The molecule has 1 N–H and O–H groups in total. The fraction of sp³-hybridized carbons (Fsp3) is 0.562. The van der Waals surface area contributed by atoms with Gasteiger partial charge in [0.05, 0.1) is 12.6 Å². The molecule has 1 aromatic rings. The maximum absolute atomic E-state index is 13.8. The lowest BCUT2D eigenvalue weighted by Crippen LogP contribution is -2.47. The van der Waals surface area contributed by atoms with E-state index in [0.29, 0.717) is 18.5 Å². The number of carbonyl (C=O) groups is 1. The summed E-state index contributed by atoms with van der Waals surface area (Å²) in [4.78, 5) is 13.5. The lowest BCUT2D eigenvalue weighted by molar-refractivity contribution is -0.00180. The number of ether oxygens (including phenoxy) is 1. The van der Waals surface area contributed by atoms with Gasteiger partial charge < -0.3 is 14.7 Å². The number of aliphatic hydroxyl groups is 1. The first-order valence-corrected chi connectivity index (χ1v) is 7.18. The summed E-state index contributed by atoms with van der Waals surface area (Å²) < 4.78 is 19.1. The van der Waals surface area contributed by atoms with Gasteiger partial charge in [-0.05, 0) is 38.8 Å². The number of carbonyl (C=O) groups excluding carboxylic acids is 1. The van der Waals surface area contributed by atoms with Gasteiger partial charge in [0.25, 0.3) is 0 Å². The standard InChI is InChI=1S/C16H22FNO3/c1-16(2,3)21-15(20)18-9-8-12(14(19)10-18)11-6-4-5-7-13(11)17/h4-7,12,14,19H,8-10H2,1-3H3. The van der Waals surface area contributed by atoms with Crippen molar-refractivity contribution in [2.45, 2.75) is 44.8 Å². The zero-order valence-corrected chi connectivity index (χ0v) is 12.7. The van der Waals surface area contributed by atoms with Gasteiger partial charge >= 0.3 is 6.09 Å². The molecule has 0 radical (unpaired) electrons. The summed E-state index contributed by atoms with van der Waals surface area (Å²) in [5.74, 6) is -0.600. The van der Waals surface area contributed by atoms with Crippen LogP contribution in [0.25, 0.3) is 0 Å². The van der Waals surface area contributed by atoms with Crippen LogP contribution in [-0.4, -0.2) is 40.9 Å². The zero-order chi connectivity index (χ0) is 15.6. The maximum atomic E-state index is 13.8. The second-order valence-electron chi connectivity index (χ2n) is 6.41. The van der Waals surface area contributed by atoms with E-state index in [2.05, 4.69) is 0 Å². The van der Waals surface area contributed by atoms with Crippen LogP contribution >= 0.6 is 0 Å². The van der Waals surface area contributed by atoms with Crippen LogP contribution in [0, 0.1) is 5.82 Å². The van der Waals surface area contributed by atoms with Crippen LogP contribution in [0.3, 0.4) is 0 Å². The van der Waals surface area contributed by atoms with Crippen molar-refractivity contribution in [3.05, 3.63) is 35.6 Å². The van der Waals surface area contributed by atoms with E-state index < -0.39 is 17.8 Å². The second-order valence-corrected chi connectivity index (χ2v) is 6.41. The number of likely N-dealkylation sites (tertiary alicyclic amines) is 1. The van der Waals surface area contributed by atoms with E-state index in [1.165, 1.54) is 11.0 Å². The normalized spacial score (nSPS) is 23.0. The van der Waals surface area contributed by atoms with E-state index in [9.17, 15) is 14.3 Å². The molecule has 1 saturated heterocycles. The summed E-state index contributed by atoms with van der Waals surface area (Å²) in [5, 5.41) is 10.2. The molecule has 1 aliphatic heterocycles. The van der Waals surface area contributed by atoms with Gasteiger partial charge in [0, 0.05) is 12.5 Å². The summed E-state index contributed by atoms with van der Waals surface area (Å²) in [6.07, 6.45) is -0.710. The van der Waals surface area contributed by atoms with E-state index in [0.717, 1.165) is 0 Å². The first kappa shape index (κ1) is 15.8. The smallest absolute Gasteiger partial charge is 0.410 e. The fourth-order valence-corrected chi connectivity index (χ4v) is 2.56. The first-order valence-electron chi connectivity index (χ1n) is 7.18. The number of benzene rings is 1. The molecular formula is C16H22FNO3. The summed E-state index contributed by atoms with van der Waals surface area (Å²) >= 11 is 0. The van der Waals surface area contributed by atoms with Gasteiger partial charge in [-0.2, -0.15) is 0 Å². The van der Waals surface area contributed by atoms with Crippen molar-refractivity contribution in [1.29, 1.82) is 0 Å². The molecule has 1 heterocycles. The third kappa shape index (κ3) is 3.94. The topological polar surface area (TPSA) is 49.8 Å². The lowest BCUT2D eigenvalue weighted by Gasteiger charge is -2.36. The molecule has 1 fully saturated rings. The largest absolute Gasteiger partial charge is 0.444 e. The van der Waals surface area contributed by atoms with Gasteiger partial charge in [0.15, 0.2) is 0 Å². The number of halogens is 1. The molecule has 0 bridgehead atoms. The van der Waals surface area contributed by atoms with Crippen LogP contribution in [0.4, 0.5) is 9.18 Å². The highest BCUT2D eigenvalue weighted by molar-refractivity contribution is 5.68. The van der Waals surface area contributed by atoms with Crippen molar-refractivity contribution < 1.29 is 19.0 Å². The number of amides is 1. The summed E-state index contributed by atoms with van der Waals surface area (Å²) in [5.41, 5.74) is -0.0569. The first-order chi connectivity index (χ1) is 9.78. The van der Waals surface area contributed by atoms with E-state index >= 15 is 0 Å². The van der Waals surface area contributed by atoms with Crippen LogP contribution in [0.5, 0.6) is 0 Å². The Labute approximate surface area is 124 Å². The molecule has 1 aromatic carbocycles. The van der Waals surface area contributed by atoms with E-state index in [4.69, 9.17) is 4.74 Å². The summed E-state index contributed by atoms with van der Waals surface area (Å²) in [6.45, 7) is 6.01. The van der Waals surface area contributed by atoms with Gasteiger partial charge in [-0.15, -0.1) is 0 Å². The van der Waals surface area contributed by atoms with Crippen molar-refractivity contribution in [1.82, 2.24) is 4.90 Å². The van der Waals surface area contributed by atoms with Gasteiger partial charge in [-0.1, -0.05) is 18.2 Å². The Morgan fingerprint density at radius 1 is 1.38 bits per heavy atom. The zero-order valence-electron chi connectivity index (χ0n) is 12.7. The molecular weight excluding hydrogens is 273 g/mol. The average molecular weight is 295 g/mol. The Hall–Kier alpha value is -1.62. The molecule has 0 aromatic heterocycles. The van der Waals surface area contributed by atoms with Crippen molar-refractivity contribution in [3.63, 3.8) is 0 Å². The molecule has 116 valence electrons. The van der Waals surface area contributed by atoms with Crippen molar-refractivity contribution >= 4 is 6.09 Å². The van der Waals surface area contributed by atoms with Gasteiger partial charge in [-0.3, -0.25) is 0 Å². The van der Waals surface area contributed by atoms with Crippen LogP contribution in [-0.2, 0) is 4.74 Å². The average Bonchev–Trinajstić information content (AvgIpc) is 2.38. The second kappa shape index (κ2) is 6.02. The third-order valence-corrected chi connectivity index (χ3v) is 3.54. The van der Waals surface area contributed by atoms with Crippen LogP contribution in [0.2, 0.25) is 0 Å². The van der Waals surface area contributed by atoms with Gasteiger partial charge in [0.1, 0.15) is 11.4 Å². The third-order valence-electron chi connectivity index (χ3n) is 3.54. The van der Waals surface area contributed by atoms with Gasteiger partial charge in [0.2, 0.25) is 0 Å². The number of hydrogen-bond donors (Lipinski definition) is 1. The molecule has 2 unspecified atom stereocenters. The number of aliphatic hydroxyl groups excluding tert-OH is 1. The molecule has 2 rings (SSSR count). The molecule has 21 heavy (non-hydrogen) atoms. The Morgan fingerprint density at radius 3 is 2.62 bits per heavy atom. The van der Waals surface area contributed by atoms with Crippen molar-refractivity contribution in [2.75, 3.05) is 13.1 Å². The van der Waals surface area contributed by atoms with E-state index in [1.54, 1.807) is 39.0 Å². The Kier molecular flexibility index (Phi) is 4.52. The van der Waals surface area contributed by atoms with Crippen LogP contribution < -0.4 is 0 Å². The maximum Gasteiger partial charge on any atom is 0.410 e. The summed E-state index contributed by atoms with van der Waals surface area (Å²) in [7, 11) is 0. The molecule has 0 spiro atoms. The molecule has 1 amide bonds. The Morgan fingerprint density at radius 2 is 2.05 bits per heavy atom. The predicted molar refractivity (Wildman–Crippen MR) is 77.6 cm³/mol. The monoisotopic (exact) mass is 295 g/mol. The highest BCUT2D eigenvalue weighted by atomic mass is 19.1. The molecule has 1 aliphatic rings. The minimum absolute atomic E-state index is 0.161. The van der Waals surface area contributed by atoms with Crippen LogP contribution in [0.1, 0.15) is 38.7 Å². The SMILES string of the molecule is CC(C)(C)OC(=O)N1CCC(c2ccccc2F)C(O)C1. The number of hydrogen-bond acceptors (Lipinski definition) is 3. The molecule has 0 saturated carbocycles. The highest BCUT2D eigenvalue weighted by Gasteiger charge is 2.34. The molecule has 2 atom stereocenters. The number of piperidine rings is 1. The minimum Gasteiger partial charge on any atom is -0.444 e. The number of β-amino-alcohol motifs (C(OH)–C–C–N with tert-alkyl or cyclic N) is 1. The van der Waals surface area contributed by atoms with E-state index in [-0.39, 0.29) is 18.3 Å². The van der Waals surface area contributed by atoms with E-state index in [1.807, 2.05) is 0 Å². The summed E-state index contributed by atoms with van der Waals surface area (Å²) in [6, 6.07) is 6.46. The Balaban J connectivity index is 2.03. The van der Waals surface area contributed by atoms with Crippen molar-refractivity contribution in [3.8, 4) is 0 Å². The Bertz CT molecular complexity index is 512. The minimum atomic E-state index is -0.789. The number of rotatable bonds is 1. The van der Waals surface area contributed by atoms with Gasteiger partial charge in [-0.25, -0.2) is 9.18 Å². The lowest BCUT2D eigenvalue weighted by atomic mass is 9.87. The molecule has 4 nitrogen and oxygen atoms in total.